The lowest BCUT2D eigenvalue weighted by Crippen LogP contribution is -2.03. The van der Waals surface area contributed by atoms with Crippen molar-refractivity contribution in [2.75, 3.05) is 5.32 Å². The number of rotatable bonds is 2. The molecule has 2 heterocycles. The van der Waals surface area contributed by atoms with Gasteiger partial charge in [-0.2, -0.15) is 0 Å². The molecule has 0 saturated heterocycles. The van der Waals surface area contributed by atoms with Gasteiger partial charge in [-0.3, -0.25) is 4.79 Å². The van der Waals surface area contributed by atoms with E-state index in [0.717, 1.165) is 16.8 Å². The lowest BCUT2D eigenvalue weighted by atomic mass is 10.1. The minimum absolute atomic E-state index is 0.0120. The zero-order valence-electron chi connectivity index (χ0n) is 9.46. The van der Waals surface area contributed by atoms with Crippen LogP contribution < -0.4 is 11.1 Å². The number of amides is 1. The molecule has 1 aromatic carbocycles. The Morgan fingerprint density at radius 3 is 3.00 bits per heavy atom. The predicted molar refractivity (Wildman–Crippen MR) is 69.3 cm³/mol. The number of aromatic amines is 1. The van der Waals surface area contributed by atoms with E-state index in [4.69, 9.17) is 17.3 Å². The topological polar surface area (TPSA) is 83.8 Å². The average Bonchev–Trinajstić information content (AvgIpc) is 2.89. The molecule has 3 rings (SSSR count). The molecule has 0 unspecified atom stereocenters. The minimum atomic E-state index is 0.0120. The highest BCUT2D eigenvalue weighted by molar-refractivity contribution is 6.31. The van der Waals surface area contributed by atoms with E-state index in [2.05, 4.69) is 15.3 Å². The van der Waals surface area contributed by atoms with Gasteiger partial charge in [0.2, 0.25) is 5.91 Å². The first-order valence-corrected chi connectivity index (χ1v) is 5.93. The van der Waals surface area contributed by atoms with Crippen molar-refractivity contribution >= 4 is 23.2 Å². The van der Waals surface area contributed by atoms with Crippen LogP contribution in [0.1, 0.15) is 11.4 Å². The maximum atomic E-state index is 11.3. The zero-order valence-corrected chi connectivity index (χ0v) is 10.2. The first-order chi connectivity index (χ1) is 8.67. The van der Waals surface area contributed by atoms with Crippen LogP contribution in [0.5, 0.6) is 0 Å². The van der Waals surface area contributed by atoms with Crippen LogP contribution in [0.3, 0.4) is 0 Å². The number of halogens is 1. The molecule has 6 heteroatoms. The van der Waals surface area contributed by atoms with Crippen LogP contribution in [0.25, 0.3) is 11.3 Å². The summed E-state index contributed by atoms with van der Waals surface area (Å²) in [5, 5.41) is 3.25. The average molecular weight is 263 g/mol. The highest BCUT2D eigenvalue weighted by Crippen LogP contribution is 2.31. The van der Waals surface area contributed by atoms with E-state index < -0.39 is 0 Å². The van der Waals surface area contributed by atoms with Crippen molar-refractivity contribution < 1.29 is 4.79 Å². The maximum absolute atomic E-state index is 11.3. The molecule has 0 saturated carbocycles. The quantitative estimate of drug-likeness (QED) is 0.770. The van der Waals surface area contributed by atoms with E-state index in [-0.39, 0.29) is 5.91 Å². The second kappa shape index (κ2) is 4.12. The van der Waals surface area contributed by atoms with Gasteiger partial charge in [0.1, 0.15) is 16.7 Å². The molecular formula is C12H11ClN4O. The van der Waals surface area contributed by atoms with Gasteiger partial charge in [0.05, 0.1) is 13.0 Å². The fraction of sp³-hybridized carbons (Fsp3) is 0.167. The molecule has 92 valence electrons. The van der Waals surface area contributed by atoms with Crippen LogP contribution in [0.15, 0.2) is 18.2 Å². The molecule has 0 radical (unpaired) electrons. The molecule has 0 aliphatic carbocycles. The number of hydrogen-bond acceptors (Lipinski definition) is 3. The summed E-state index contributed by atoms with van der Waals surface area (Å²) in [7, 11) is 0. The largest absolute Gasteiger partial charge is 0.331 e. The number of fused-ring (bicyclic) bond motifs is 1. The van der Waals surface area contributed by atoms with Crippen molar-refractivity contribution in [2.24, 2.45) is 5.73 Å². The Kier molecular flexibility index (Phi) is 2.57. The summed E-state index contributed by atoms with van der Waals surface area (Å²) in [5.41, 5.74) is 8.88. The molecular weight excluding hydrogens is 252 g/mol. The Morgan fingerprint density at radius 2 is 2.28 bits per heavy atom. The van der Waals surface area contributed by atoms with Crippen LogP contribution in [-0.4, -0.2) is 15.9 Å². The molecule has 0 bridgehead atoms. The molecule has 2 aromatic rings. The number of anilines is 1. The number of aromatic nitrogens is 2. The van der Waals surface area contributed by atoms with Gasteiger partial charge in [0.15, 0.2) is 0 Å². The Labute approximate surface area is 108 Å². The molecule has 0 atom stereocenters. The minimum Gasteiger partial charge on any atom is -0.331 e. The lowest BCUT2D eigenvalue weighted by Gasteiger charge is -2.01. The lowest BCUT2D eigenvalue weighted by molar-refractivity contribution is -0.115. The number of nitrogens with zero attached hydrogens (tertiary/aromatic N) is 1. The van der Waals surface area contributed by atoms with Gasteiger partial charge >= 0.3 is 0 Å². The van der Waals surface area contributed by atoms with Gasteiger partial charge in [0.25, 0.3) is 0 Å². The first-order valence-electron chi connectivity index (χ1n) is 5.55. The van der Waals surface area contributed by atoms with Crippen molar-refractivity contribution in [2.45, 2.75) is 13.0 Å². The molecule has 18 heavy (non-hydrogen) atoms. The normalized spacial score (nSPS) is 13.6. The highest BCUT2D eigenvalue weighted by Gasteiger charge is 2.19. The number of H-pyrrole nitrogens is 1. The number of benzene rings is 1. The standard InChI is InChI=1S/C12H11ClN4O/c13-12-11(16-9(5-14)17-12)6-1-2-8-7(3-6)4-10(18)15-8/h1-3H,4-5,14H2,(H,15,18)(H,16,17). The predicted octanol–water partition coefficient (Wildman–Crippen LogP) is 1.68. The van der Waals surface area contributed by atoms with E-state index in [1.165, 1.54) is 0 Å². The van der Waals surface area contributed by atoms with Crippen LogP contribution in [0.4, 0.5) is 5.69 Å². The van der Waals surface area contributed by atoms with Gasteiger partial charge in [-0.25, -0.2) is 4.98 Å². The molecule has 5 nitrogen and oxygen atoms in total. The summed E-state index contributed by atoms with van der Waals surface area (Å²) < 4.78 is 0. The van der Waals surface area contributed by atoms with Crippen molar-refractivity contribution in [3.63, 3.8) is 0 Å². The summed E-state index contributed by atoms with van der Waals surface area (Å²) in [5.74, 6) is 0.655. The van der Waals surface area contributed by atoms with Crippen LogP contribution >= 0.6 is 11.6 Å². The fourth-order valence-electron chi connectivity index (χ4n) is 2.06. The molecule has 1 aliphatic rings. The summed E-state index contributed by atoms with van der Waals surface area (Å²) in [6.45, 7) is 0.310. The van der Waals surface area contributed by atoms with Gasteiger partial charge in [-0.05, 0) is 17.7 Å². The van der Waals surface area contributed by atoms with E-state index in [0.29, 0.717) is 29.6 Å². The molecule has 4 N–H and O–H groups in total. The Morgan fingerprint density at radius 1 is 1.44 bits per heavy atom. The Balaban J connectivity index is 2.05. The summed E-state index contributed by atoms with van der Waals surface area (Å²) in [4.78, 5) is 18.5. The highest BCUT2D eigenvalue weighted by atomic mass is 35.5. The van der Waals surface area contributed by atoms with E-state index in [9.17, 15) is 4.79 Å². The van der Waals surface area contributed by atoms with Gasteiger partial charge in [-0.15, -0.1) is 0 Å². The van der Waals surface area contributed by atoms with Gasteiger partial charge in [-0.1, -0.05) is 17.7 Å². The summed E-state index contributed by atoms with van der Waals surface area (Å²) >= 11 is 6.08. The van der Waals surface area contributed by atoms with Crippen molar-refractivity contribution in [1.29, 1.82) is 0 Å². The number of carbonyl (C=O) groups excluding carboxylic acids is 1. The van der Waals surface area contributed by atoms with Gasteiger partial charge < -0.3 is 16.0 Å². The zero-order chi connectivity index (χ0) is 12.7. The summed E-state index contributed by atoms with van der Waals surface area (Å²) in [6.07, 6.45) is 0.398. The van der Waals surface area contributed by atoms with Crippen molar-refractivity contribution in [1.82, 2.24) is 9.97 Å². The maximum Gasteiger partial charge on any atom is 0.228 e. The third kappa shape index (κ3) is 1.77. The molecule has 1 aromatic heterocycles. The van der Waals surface area contributed by atoms with Crippen LogP contribution in [0.2, 0.25) is 5.15 Å². The Hall–Kier alpha value is -1.85. The number of carbonyl (C=O) groups is 1. The molecule has 1 aliphatic heterocycles. The number of hydrogen-bond donors (Lipinski definition) is 3. The number of nitrogens with one attached hydrogen (secondary N) is 2. The third-order valence-corrected chi connectivity index (χ3v) is 3.18. The monoisotopic (exact) mass is 262 g/mol. The SMILES string of the molecule is NCc1nc(-c2ccc3c(c2)CC(=O)N3)c(Cl)[nH]1. The van der Waals surface area contributed by atoms with E-state index >= 15 is 0 Å². The fourth-order valence-corrected chi connectivity index (χ4v) is 2.32. The molecule has 0 spiro atoms. The van der Waals surface area contributed by atoms with E-state index in [1.54, 1.807) is 0 Å². The van der Waals surface area contributed by atoms with Crippen molar-refractivity contribution in [3.8, 4) is 11.3 Å². The van der Waals surface area contributed by atoms with Crippen LogP contribution in [0, 0.1) is 0 Å². The van der Waals surface area contributed by atoms with Crippen molar-refractivity contribution in [3.05, 3.63) is 34.7 Å². The second-order valence-corrected chi connectivity index (χ2v) is 4.53. The second-order valence-electron chi connectivity index (χ2n) is 4.15. The van der Waals surface area contributed by atoms with Crippen LogP contribution in [-0.2, 0) is 17.8 Å². The smallest absolute Gasteiger partial charge is 0.228 e. The first kappa shape index (κ1) is 11.3. The third-order valence-electron chi connectivity index (χ3n) is 2.91. The molecule has 0 fully saturated rings. The number of nitrogens with two attached hydrogens (primary N) is 1. The van der Waals surface area contributed by atoms with E-state index in [1.807, 2.05) is 18.2 Å². The molecule has 1 amide bonds. The number of imidazole rings is 1. The van der Waals surface area contributed by atoms with Gasteiger partial charge in [0, 0.05) is 11.3 Å². The Bertz CT molecular complexity index is 635. The summed E-state index contributed by atoms with van der Waals surface area (Å²) in [6, 6.07) is 5.67.